The molecule has 0 atom stereocenters. The van der Waals surface area contributed by atoms with Gasteiger partial charge in [0.25, 0.3) is 0 Å². The molecule has 0 saturated heterocycles. The number of rotatable bonds is 2. The van der Waals surface area contributed by atoms with Gasteiger partial charge in [-0.05, 0) is 24.6 Å². The summed E-state index contributed by atoms with van der Waals surface area (Å²) in [6.07, 6.45) is 4.11. The van der Waals surface area contributed by atoms with E-state index in [4.69, 9.17) is 0 Å². The minimum atomic E-state index is 0.802. The van der Waals surface area contributed by atoms with Gasteiger partial charge in [-0.2, -0.15) is 5.11 Å². The van der Waals surface area contributed by atoms with Crippen molar-refractivity contribution in [2.45, 2.75) is 6.92 Å². The van der Waals surface area contributed by atoms with Gasteiger partial charge in [-0.15, -0.1) is 0 Å². The molecule has 1 aliphatic heterocycles. The first-order chi connectivity index (χ1) is 6.90. The summed E-state index contributed by atoms with van der Waals surface area (Å²) in [4.78, 5) is 0. The largest absolute Gasteiger partial charge is 0.245 e. The predicted molar refractivity (Wildman–Crippen MR) is 58.2 cm³/mol. The van der Waals surface area contributed by atoms with Gasteiger partial charge in [-0.1, -0.05) is 29.5 Å². The Morgan fingerprint density at radius 1 is 1.29 bits per heavy atom. The smallest absolute Gasteiger partial charge is 0.0817 e. The number of anilines is 1. The number of benzene rings is 1. The van der Waals surface area contributed by atoms with Gasteiger partial charge in [0, 0.05) is 0 Å². The van der Waals surface area contributed by atoms with Crippen LogP contribution < -0.4 is 5.01 Å². The Bertz CT molecular complexity index is 351. The van der Waals surface area contributed by atoms with E-state index in [2.05, 4.69) is 40.7 Å². The van der Waals surface area contributed by atoms with Crippen LogP contribution in [0.1, 0.15) is 12.5 Å². The Labute approximate surface area is 83.7 Å². The van der Waals surface area contributed by atoms with Crippen LogP contribution in [0.2, 0.25) is 0 Å². The lowest BCUT2D eigenvalue weighted by molar-refractivity contribution is 0.943. The Kier molecular flexibility index (Phi) is 2.58. The van der Waals surface area contributed by atoms with E-state index in [9.17, 15) is 0 Å². The van der Waals surface area contributed by atoms with Crippen molar-refractivity contribution < 1.29 is 0 Å². The first kappa shape index (κ1) is 8.94. The second-order valence-corrected chi connectivity index (χ2v) is 3.17. The molecule has 0 N–H and O–H groups in total. The van der Waals surface area contributed by atoms with Gasteiger partial charge in [-0.3, -0.25) is 0 Å². The summed E-state index contributed by atoms with van der Waals surface area (Å²) in [5, 5.41) is 9.87. The average Bonchev–Trinajstić information content (AvgIpc) is 2.72. The minimum Gasteiger partial charge on any atom is -0.245 e. The van der Waals surface area contributed by atoms with E-state index in [1.165, 1.54) is 5.56 Å². The third-order valence-corrected chi connectivity index (χ3v) is 2.13. The molecule has 0 radical (unpaired) electrons. The molecule has 0 saturated carbocycles. The molecule has 0 bridgehead atoms. The van der Waals surface area contributed by atoms with E-state index >= 15 is 0 Å². The summed E-state index contributed by atoms with van der Waals surface area (Å²) in [6, 6.07) is 8.31. The molecule has 3 heteroatoms. The fraction of sp³-hybridized carbons (Fsp3) is 0.273. The van der Waals surface area contributed by atoms with Crippen molar-refractivity contribution in [1.29, 1.82) is 0 Å². The normalized spacial score (nSPS) is 15.6. The highest BCUT2D eigenvalue weighted by Gasteiger charge is 2.08. The Hall–Kier alpha value is -1.64. The van der Waals surface area contributed by atoms with Crippen molar-refractivity contribution in [3.63, 3.8) is 0 Å². The maximum Gasteiger partial charge on any atom is 0.0817 e. The van der Waals surface area contributed by atoms with Crippen LogP contribution >= 0.6 is 0 Å². The summed E-state index contributed by atoms with van der Waals surface area (Å²) in [6.45, 7) is 3.71. The summed E-state index contributed by atoms with van der Waals surface area (Å²) < 4.78 is 0. The van der Waals surface area contributed by atoms with Crippen molar-refractivity contribution in [2.24, 2.45) is 10.3 Å². The third kappa shape index (κ3) is 1.82. The van der Waals surface area contributed by atoms with E-state index in [-0.39, 0.29) is 0 Å². The molecule has 14 heavy (non-hydrogen) atoms. The van der Waals surface area contributed by atoms with Crippen LogP contribution in [0, 0.1) is 0 Å². The molecule has 1 aromatic carbocycles. The molecule has 0 aromatic heterocycles. The lowest BCUT2D eigenvalue weighted by Crippen LogP contribution is -2.13. The van der Waals surface area contributed by atoms with E-state index in [1.54, 1.807) is 0 Å². The monoisotopic (exact) mass is 187 g/mol. The fourth-order valence-electron chi connectivity index (χ4n) is 1.44. The fourth-order valence-corrected chi connectivity index (χ4v) is 1.44. The lowest BCUT2D eigenvalue weighted by atomic mass is 10.2. The Morgan fingerprint density at radius 2 is 2.07 bits per heavy atom. The van der Waals surface area contributed by atoms with Crippen LogP contribution in [0.4, 0.5) is 5.69 Å². The Morgan fingerprint density at radius 3 is 2.64 bits per heavy atom. The molecule has 0 spiro atoms. The second-order valence-electron chi connectivity index (χ2n) is 3.17. The number of nitrogens with zero attached hydrogens (tertiary/aromatic N) is 3. The molecule has 3 nitrogen and oxygen atoms in total. The SMILES string of the molecule is C/C=C/c1ccc(N2CCN=N2)cc1. The quantitative estimate of drug-likeness (QED) is 0.699. The molecular weight excluding hydrogens is 174 g/mol. The highest BCUT2D eigenvalue weighted by molar-refractivity contribution is 5.55. The van der Waals surface area contributed by atoms with E-state index < -0.39 is 0 Å². The molecule has 1 aliphatic rings. The average molecular weight is 187 g/mol. The van der Waals surface area contributed by atoms with Crippen LogP contribution in [0.5, 0.6) is 0 Å². The topological polar surface area (TPSA) is 28.0 Å². The van der Waals surface area contributed by atoms with E-state index in [0.29, 0.717) is 0 Å². The maximum atomic E-state index is 4.02. The number of hydrogen-bond donors (Lipinski definition) is 0. The van der Waals surface area contributed by atoms with Crippen molar-refractivity contribution in [2.75, 3.05) is 18.1 Å². The van der Waals surface area contributed by atoms with Crippen LogP contribution in [-0.2, 0) is 0 Å². The van der Waals surface area contributed by atoms with Crippen LogP contribution in [0.15, 0.2) is 40.7 Å². The zero-order valence-corrected chi connectivity index (χ0v) is 8.22. The van der Waals surface area contributed by atoms with Crippen LogP contribution in [0.25, 0.3) is 6.08 Å². The molecule has 0 amide bonds. The molecule has 72 valence electrons. The highest BCUT2D eigenvalue weighted by atomic mass is 15.6. The molecule has 2 rings (SSSR count). The van der Waals surface area contributed by atoms with Crippen molar-refractivity contribution in [3.05, 3.63) is 35.9 Å². The van der Waals surface area contributed by atoms with E-state index in [0.717, 1.165) is 18.8 Å². The van der Waals surface area contributed by atoms with Gasteiger partial charge >= 0.3 is 0 Å². The molecule has 0 unspecified atom stereocenters. The lowest BCUT2D eigenvalue weighted by Gasteiger charge is -2.11. The standard InChI is InChI=1S/C11H13N3/c1-2-3-10-4-6-11(7-5-10)14-9-8-12-13-14/h2-7H,8-9H2,1H3/b3-2+. The first-order valence-corrected chi connectivity index (χ1v) is 4.78. The molecule has 0 fully saturated rings. The second kappa shape index (κ2) is 4.05. The van der Waals surface area contributed by atoms with E-state index in [1.807, 2.05) is 18.0 Å². The predicted octanol–water partition coefficient (Wildman–Crippen LogP) is 2.91. The molecule has 1 heterocycles. The molecular formula is C11H13N3. The van der Waals surface area contributed by atoms with Gasteiger partial charge in [0.1, 0.15) is 0 Å². The van der Waals surface area contributed by atoms with Gasteiger partial charge in [0.2, 0.25) is 0 Å². The molecule has 0 aliphatic carbocycles. The maximum absolute atomic E-state index is 4.02. The summed E-state index contributed by atoms with van der Waals surface area (Å²) in [5.41, 5.74) is 2.33. The zero-order chi connectivity index (χ0) is 9.80. The first-order valence-electron chi connectivity index (χ1n) is 4.78. The van der Waals surface area contributed by atoms with Crippen molar-refractivity contribution in [3.8, 4) is 0 Å². The van der Waals surface area contributed by atoms with Gasteiger partial charge in [0.15, 0.2) is 0 Å². The summed E-state index contributed by atoms with van der Waals surface area (Å²) >= 11 is 0. The zero-order valence-electron chi connectivity index (χ0n) is 8.22. The van der Waals surface area contributed by atoms with Gasteiger partial charge in [0.05, 0.1) is 18.8 Å². The Balaban J connectivity index is 2.17. The number of hydrogen-bond acceptors (Lipinski definition) is 3. The van der Waals surface area contributed by atoms with Crippen LogP contribution in [-0.4, -0.2) is 13.1 Å². The van der Waals surface area contributed by atoms with Crippen LogP contribution in [0.3, 0.4) is 0 Å². The van der Waals surface area contributed by atoms with Crippen molar-refractivity contribution in [1.82, 2.24) is 0 Å². The minimum absolute atomic E-state index is 0.802. The summed E-state index contributed by atoms with van der Waals surface area (Å²) in [5.74, 6) is 0. The number of allylic oxidation sites excluding steroid dienone is 1. The van der Waals surface area contributed by atoms with Crippen molar-refractivity contribution >= 4 is 11.8 Å². The molecule has 1 aromatic rings. The third-order valence-electron chi connectivity index (χ3n) is 2.13. The highest BCUT2D eigenvalue weighted by Crippen LogP contribution is 2.18. The van der Waals surface area contributed by atoms with Gasteiger partial charge in [-0.25, -0.2) is 5.01 Å². The van der Waals surface area contributed by atoms with Gasteiger partial charge < -0.3 is 0 Å². The summed E-state index contributed by atoms with van der Waals surface area (Å²) in [7, 11) is 0.